The van der Waals surface area contributed by atoms with E-state index in [0.29, 0.717) is 18.2 Å². The zero-order valence-electron chi connectivity index (χ0n) is 17.3. The second kappa shape index (κ2) is 8.01. The minimum absolute atomic E-state index is 0.0387. The zero-order chi connectivity index (χ0) is 19.6. The van der Waals surface area contributed by atoms with E-state index in [9.17, 15) is 9.59 Å². The average molecular weight is 390 g/mol. The largest absolute Gasteiger partial charge is 0.444 e. The number of amides is 1. The van der Waals surface area contributed by atoms with Crippen LogP contribution in [0.25, 0.3) is 0 Å². The molecule has 7 heteroatoms. The maximum Gasteiger partial charge on any atom is 0.412 e. The number of carbonyl (C=O) groups excluding carboxylic acids is 2. The highest BCUT2D eigenvalue weighted by Gasteiger charge is 2.53. The summed E-state index contributed by atoms with van der Waals surface area (Å²) in [4.78, 5) is 26.3. The van der Waals surface area contributed by atoms with Gasteiger partial charge in [-0.15, -0.1) is 0 Å². The molecule has 1 saturated heterocycles. The van der Waals surface area contributed by atoms with Crippen molar-refractivity contribution < 1.29 is 18.8 Å². The van der Waals surface area contributed by atoms with Crippen molar-refractivity contribution >= 4 is 32.0 Å². The standard InChI is InChI=1S/C18H35NO4SSi/c1-13(20)24-12-18(23-25(8)9)10-14(16(2,3)4)11-19(18)15(21)22-17(5,6)7/h14,25H,10-12H2,1-9H3/t14-,18-/m0/s1. The van der Waals surface area contributed by atoms with E-state index in [2.05, 4.69) is 33.9 Å². The number of carbonyl (C=O) groups is 2. The van der Waals surface area contributed by atoms with Crippen molar-refractivity contribution in [3.8, 4) is 0 Å². The quantitative estimate of drug-likeness (QED) is 0.672. The monoisotopic (exact) mass is 389 g/mol. The number of rotatable bonds is 4. The van der Waals surface area contributed by atoms with Crippen LogP contribution in [0.1, 0.15) is 54.9 Å². The maximum absolute atomic E-state index is 12.9. The molecule has 1 heterocycles. The lowest BCUT2D eigenvalue weighted by Gasteiger charge is -2.40. The van der Waals surface area contributed by atoms with Crippen molar-refractivity contribution in [2.24, 2.45) is 11.3 Å². The summed E-state index contributed by atoms with van der Waals surface area (Å²) < 4.78 is 12.1. The molecule has 0 aromatic heterocycles. The van der Waals surface area contributed by atoms with Gasteiger partial charge in [-0.3, -0.25) is 9.69 Å². The van der Waals surface area contributed by atoms with Gasteiger partial charge in [-0.1, -0.05) is 32.5 Å². The van der Waals surface area contributed by atoms with Crippen molar-refractivity contribution in [1.29, 1.82) is 0 Å². The summed E-state index contributed by atoms with van der Waals surface area (Å²) in [5.74, 6) is 0.750. The summed E-state index contributed by atoms with van der Waals surface area (Å²) in [6.45, 7) is 18.5. The molecule has 0 aromatic carbocycles. The van der Waals surface area contributed by atoms with E-state index in [1.165, 1.54) is 11.8 Å². The van der Waals surface area contributed by atoms with E-state index in [1.807, 2.05) is 20.8 Å². The van der Waals surface area contributed by atoms with Gasteiger partial charge in [0, 0.05) is 25.6 Å². The summed E-state index contributed by atoms with van der Waals surface area (Å²) in [6.07, 6.45) is 0.388. The molecule has 1 aliphatic heterocycles. The third-order valence-corrected chi connectivity index (χ3v) is 6.17. The molecule has 5 nitrogen and oxygen atoms in total. The topological polar surface area (TPSA) is 55.8 Å². The first-order valence-electron chi connectivity index (χ1n) is 8.98. The van der Waals surface area contributed by atoms with Gasteiger partial charge in [0.15, 0.2) is 14.2 Å². The Morgan fingerprint density at radius 2 is 1.76 bits per heavy atom. The van der Waals surface area contributed by atoms with E-state index in [0.717, 1.165) is 6.42 Å². The van der Waals surface area contributed by atoms with Crippen LogP contribution >= 0.6 is 11.8 Å². The third kappa shape index (κ3) is 6.60. The molecule has 0 radical (unpaired) electrons. The summed E-state index contributed by atoms with van der Waals surface area (Å²) >= 11 is 1.23. The molecule has 1 aliphatic rings. The molecule has 1 fully saturated rings. The molecule has 0 spiro atoms. The highest BCUT2D eigenvalue weighted by molar-refractivity contribution is 8.13. The van der Waals surface area contributed by atoms with Crippen molar-refractivity contribution in [1.82, 2.24) is 4.90 Å². The van der Waals surface area contributed by atoms with Crippen LogP contribution in [0.15, 0.2) is 0 Å². The molecule has 0 aromatic rings. The van der Waals surface area contributed by atoms with Crippen LogP contribution in [-0.4, -0.2) is 48.8 Å². The van der Waals surface area contributed by atoms with Gasteiger partial charge in [-0.2, -0.15) is 0 Å². The zero-order valence-corrected chi connectivity index (χ0v) is 19.2. The summed E-state index contributed by atoms with van der Waals surface area (Å²) in [6, 6.07) is 0. The molecule has 0 N–H and O–H groups in total. The Balaban J connectivity index is 3.22. The van der Waals surface area contributed by atoms with Crippen LogP contribution in [0.2, 0.25) is 13.1 Å². The van der Waals surface area contributed by atoms with Crippen molar-refractivity contribution in [2.45, 2.75) is 79.3 Å². The smallest absolute Gasteiger partial charge is 0.412 e. The Labute approximate surface area is 158 Å². The minimum atomic E-state index is -1.44. The van der Waals surface area contributed by atoms with E-state index in [4.69, 9.17) is 9.16 Å². The number of hydrogen-bond donors (Lipinski definition) is 0. The molecule has 2 atom stereocenters. The molecule has 0 unspecified atom stereocenters. The summed E-state index contributed by atoms with van der Waals surface area (Å²) in [7, 11) is -1.44. The molecule has 0 bridgehead atoms. The number of ether oxygens (including phenoxy) is 1. The van der Waals surface area contributed by atoms with Gasteiger partial charge in [0.05, 0.1) is 0 Å². The fourth-order valence-electron chi connectivity index (χ4n) is 3.02. The summed E-state index contributed by atoms with van der Waals surface area (Å²) in [5.41, 5.74) is -1.27. The highest BCUT2D eigenvalue weighted by atomic mass is 32.2. The van der Waals surface area contributed by atoms with Crippen LogP contribution in [0.3, 0.4) is 0 Å². The SMILES string of the molecule is CC(=O)SC[C@@]1(O[SiH](C)C)C[C@H](C(C)(C)C)CN1C(=O)OC(C)(C)C. The van der Waals surface area contributed by atoms with Gasteiger partial charge in [0.25, 0.3) is 0 Å². The van der Waals surface area contributed by atoms with Gasteiger partial charge in [-0.25, -0.2) is 4.79 Å². The molecule has 25 heavy (non-hydrogen) atoms. The second-order valence-corrected chi connectivity index (χ2v) is 12.7. The average Bonchev–Trinajstić information content (AvgIpc) is 2.73. The molecular weight excluding hydrogens is 354 g/mol. The van der Waals surface area contributed by atoms with Gasteiger partial charge >= 0.3 is 6.09 Å². The molecule has 1 rings (SSSR count). The highest BCUT2D eigenvalue weighted by Crippen LogP contribution is 2.45. The first-order valence-corrected chi connectivity index (χ1v) is 12.7. The number of likely N-dealkylation sites (tertiary alicyclic amines) is 1. The molecule has 1 amide bonds. The second-order valence-electron chi connectivity index (χ2n) is 9.25. The Kier molecular flexibility index (Phi) is 7.21. The Morgan fingerprint density at radius 3 is 2.16 bits per heavy atom. The Morgan fingerprint density at radius 1 is 1.20 bits per heavy atom. The lowest BCUT2D eigenvalue weighted by molar-refractivity contribution is -0.109. The number of thioether (sulfide) groups is 1. The maximum atomic E-state index is 12.9. The van der Waals surface area contributed by atoms with Crippen LogP contribution < -0.4 is 0 Å². The Hall–Kier alpha value is -0.533. The summed E-state index contributed by atoms with van der Waals surface area (Å²) in [5, 5.41) is 0.0387. The molecule has 146 valence electrons. The van der Waals surface area contributed by atoms with Crippen LogP contribution in [0.4, 0.5) is 4.79 Å². The number of nitrogens with zero attached hydrogens (tertiary/aromatic N) is 1. The fourth-order valence-corrected chi connectivity index (χ4v) is 5.10. The van der Waals surface area contributed by atoms with Crippen LogP contribution in [0.5, 0.6) is 0 Å². The van der Waals surface area contributed by atoms with Crippen molar-refractivity contribution in [2.75, 3.05) is 12.3 Å². The Bertz CT molecular complexity index is 498. The van der Waals surface area contributed by atoms with Gasteiger partial charge in [-0.05, 0) is 45.2 Å². The van der Waals surface area contributed by atoms with Gasteiger partial charge < -0.3 is 9.16 Å². The first kappa shape index (κ1) is 22.5. The van der Waals surface area contributed by atoms with E-state index >= 15 is 0 Å². The van der Waals surface area contributed by atoms with Gasteiger partial charge in [0.2, 0.25) is 0 Å². The van der Waals surface area contributed by atoms with E-state index in [1.54, 1.807) is 11.8 Å². The van der Waals surface area contributed by atoms with E-state index < -0.39 is 20.4 Å². The van der Waals surface area contributed by atoms with Gasteiger partial charge in [0.1, 0.15) is 11.3 Å². The minimum Gasteiger partial charge on any atom is -0.444 e. The first-order chi connectivity index (χ1) is 11.2. The van der Waals surface area contributed by atoms with E-state index in [-0.39, 0.29) is 16.6 Å². The normalized spacial score (nSPS) is 24.7. The number of hydrogen-bond acceptors (Lipinski definition) is 5. The lowest BCUT2D eigenvalue weighted by Crippen LogP contribution is -2.54. The van der Waals surface area contributed by atoms with Crippen LogP contribution in [0, 0.1) is 11.3 Å². The fraction of sp³-hybridized carbons (Fsp3) is 0.889. The van der Waals surface area contributed by atoms with Crippen molar-refractivity contribution in [3.05, 3.63) is 0 Å². The molecule has 0 saturated carbocycles. The lowest BCUT2D eigenvalue weighted by atomic mass is 9.79. The van der Waals surface area contributed by atoms with Crippen LogP contribution in [-0.2, 0) is 14.0 Å². The van der Waals surface area contributed by atoms with Crippen molar-refractivity contribution in [3.63, 3.8) is 0 Å². The predicted octanol–water partition coefficient (Wildman–Crippen LogP) is 4.27. The molecule has 0 aliphatic carbocycles. The predicted molar refractivity (Wildman–Crippen MR) is 106 cm³/mol. The molecular formula is C18H35NO4SSi. The third-order valence-electron chi connectivity index (χ3n) is 4.25.